The zero-order chi connectivity index (χ0) is 13.5. The van der Waals surface area contributed by atoms with E-state index in [0.29, 0.717) is 13.1 Å². The summed E-state index contributed by atoms with van der Waals surface area (Å²) in [6.45, 7) is 2.57. The fraction of sp³-hybridized carbons (Fsp3) is 0.188. The third-order valence-electron chi connectivity index (χ3n) is 2.73. The minimum atomic E-state index is -0.244. The largest absolute Gasteiger partial charge is 0.490 e. The average molecular weight is 256 g/mol. The lowest BCUT2D eigenvalue weighted by Gasteiger charge is -2.11. The van der Waals surface area contributed by atoms with Crippen LogP contribution in [-0.2, 0) is 9.53 Å². The lowest BCUT2D eigenvalue weighted by Crippen LogP contribution is -2.17. The fourth-order valence-corrected chi connectivity index (χ4v) is 1.72. The summed E-state index contributed by atoms with van der Waals surface area (Å²) in [6, 6.07) is 18.0. The molecule has 3 heteroatoms. The zero-order valence-electron chi connectivity index (χ0n) is 10.8. The molecule has 0 aromatic heterocycles. The first-order chi connectivity index (χ1) is 9.29. The third kappa shape index (κ3) is 3.85. The van der Waals surface area contributed by atoms with Crippen LogP contribution in [0.25, 0.3) is 11.1 Å². The predicted molar refractivity (Wildman–Crippen MR) is 74.0 cm³/mol. The second-order valence-corrected chi connectivity index (χ2v) is 4.24. The molecule has 0 aliphatic heterocycles. The normalized spacial score (nSPS) is 11.6. The van der Waals surface area contributed by atoms with Gasteiger partial charge in [0.05, 0.1) is 0 Å². The van der Waals surface area contributed by atoms with Crippen molar-refractivity contribution in [2.75, 3.05) is 6.61 Å². The molecule has 3 nitrogen and oxygen atoms in total. The van der Waals surface area contributed by atoms with Crippen LogP contribution in [0, 0.1) is 0 Å². The van der Waals surface area contributed by atoms with Crippen LogP contribution in [0.3, 0.4) is 0 Å². The van der Waals surface area contributed by atoms with E-state index in [1.807, 2.05) is 42.5 Å². The molecule has 0 saturated heterocycles. The van der Waals surface area contributed by atoms with Gasteiger partial charge in [-0.25, -0.2) is 0 Å². The highest BCUT2D eigenvalue weighted by Crippen LogP contribution is 2.22. The highest BCUT2D eigenvalue weighted by molar-refractivity contribution is 5.63. The van der Waals surface area contributed by atoms with Gasteiger partial charge in [-0.1, -0.05) is 42.5 Å². The Morgan fingerprint density at radius 2 is 1.63 bits per heavy atom. The molecule has 19 heavy (non-hydrogen) atoms. The van der Waals surface area contributed by atoms with Crippen LogP contribution >= 0.6 is 0 Å². The number of carbonyl (C=O) groups is 1. The molecule has 98 valence electrons. The van der Waals surface area contributed by atoms with E-state index in [9.17, 15) is 4.79 Å². The quantitative estimate of drug-likeness (QED) is 0.744. The number of carbonyl (C=O) groups excluding carboxylic acids is 1. The van der Waals surface area contributed by atoms with Gasteiger partial charge >= 0.3 is 0 Å². The summed E-state index contributed by atoms with van der Waals surface area (Å²) >= 11 is 0. The Bertz CT molecular complexity index is 505. The van der Waals surface area contributed by atoms with Crippen molar-refractivity contribution < 1.29 is 14.3 Å². The van der Waals surface area contributed by atoms with Crippen LogP contribution in [0.4, 0.5) is 0 Å². The predicted octanol–water partition coefficient (Wildman–Crippen LogP) is 3.29. The van der Waals surface area contributed by atoms with E-state index in [1.165, 1.54) is 5.56 Å². The van der Waals surface area contributed by atoms with Gasteiger partial charge in [0.1, 0.15) is 18.5 Å². The Morgan fingerprint density at radius 1 is 1.00 bits per heavy atom. The molecule has 0 saturated carbocycles. The van der Waals surface area contributed by atoms with E-state index in [1.54, 1.807) is 6.92 Å². The van der Waals surface area contributed by atoms with Crippen LogP contribution < -0.4 is 4.74 Å². The van der Waals surface area contributed by atoms with Crippen molar-refractivity contribution >= 4 is 6.47 Å². The zero-order valence-corrected chi connectivity index (χ0v) is 10.8. The van der Waals surface area contributed by atoms with Gasteiger partial charge in [-0.3, -0.25) is 4.79 Å². The summed E-state index contributed by atoms with van der Waals surface area (Å²) in [6.07, 6.45) is -0.244. The maximum absolute atomic E-state index is 10.2. The van der Waals surface area contributed by atoms with Gasteiger partial charge in [0.25, 0.3) is 6.47 Å². The molecule has 0 heterocycles. The Labute approximate surface area is 112 Å². The van der Waals surface area contributed by atoms with Crippen molar-refractivity contribution in [3.8, 4) is 16.9 Å². The van der Waals surface area contributed by atoms with Crippen LogP contribution in [0.1, 0.15) is 6.92 Å². The van der Waals surface area contributed by atoms with Crippen molar-refractivity contribution in [1.29, 1.82) is 0 Å². The van der Waals surface area contributed by atoms with Crippen molar-refractivity contribution in [1.82, 2.24) is 0 Å². The molecule has 0 aliphatic carbocycles. The Hall–Kier alpha value is -2.29. The second-order valence-electron chi connectivity index (χ2n) is 4.24. The summed E-state index contributed by atoms with van der Waals surface area (Å²) in [7, 11) is 0. The topological polar surface area (TPSA) is 35.5 Å². The van der Waals surface area contributed by atoms with E-state index in [-0.39, 0.29) is 6.10 Å². The molecule has 2 aromatic carbocycles. The molecular weight excluding hydrogens is 240 g/mol. The summed E-state index contributed by atoms with van der Waals surface area (Å²) in [5.41, 5.74) is 2.32. The number of ether oxygens (including phenoxy) is 2. The number of benzene rings is 2. The van der Waals surface area contributed by atoms with Gasteiger partial charge in [-0.05, 0) is 30.2 Å². The lowest BCUT2D eigenvalue weighted by molar-refractivity contribution is -0.134. The Morgan fingerprint density at radius 3 is 2.26 bits per heavy atom. The lowest BCUT2D eigenvalue weighted by atomic mass is 10.1. The number of hydrogen-bond acceptors (Lipinski definition) is 3. The van der Waals surface area contributed by atoms with E-state index < -0.39 is 0 Å². The Kier molecular flexibility index (Phi) is 4.56. The van der Waals surface area contributed by atoms with E-state index in [2.05, 4.69) is 12.1 Å². The molecule has 2 rings (SSSR count). The van der Waals surface area contributed by atoms with Crippen LogP contribution in [0.2, 0.25) is 0 Å². The summed E-state index contributed by atoms with van der Waals surface area (Å²) in [5, 5.41) is 0. The standard InChI is InChI=1S/C16H16O3/c1-13(19-12-17)11-18-16-9-7-15(8-10-16)14-5-3-2-4-6-14/h2-10,12-13H,11H2,1H3. The van der Waals surface area contributed by atoms with Crippen molar-refractivity contribution in [3.63, 3.8) is 0 Å². The molecule has 0 fully saturated rings. The van der Waals surface area contributed by atoms with Crippen molar-refractivity contribution in [3.05, 3.63) is 54.6 Å². The first-order valence-electron chi connectivity index (χ1n) is 6.17. The fourth-order valence-electron chi connectivity index (χ4n) is 1.72. The van der Waals surface area contributed by atoms with Gasteiger partial charge in [0.2, 0.25) is 0 Å². The minimum absolute atomic E-state index is 0.244. The molecule has 0 N–H and O–H groups in total. The van der Waals surface area contributed by atoms with Crippen molar-refractivity contribution in [2.24, 2.45) is 0 Å². The summed E-state index contributed by atoms with van der Waals surface area (Å²) < 4.78 is 10.3. The first-order valence-corrected chi connectivity index (χ1v) is 6.17. The molecule has 0 amide bonds. The highest BCUT2D eigenvalue weighted by atomic mass is 16.6. The number of rotatable bonds is 6. The van der Waals surface area contributed by atoms with Gasteiger partial charge in [0, 0.05) is 0 Å². The molecule has 0 aliphatic rings. The van der Waals surface area contributed by atoms with Crippen LogP contribution in [0.15, 0.2) is 54.6 Å². The maximum atomic E-state index is 10.2. The molecule has 2 aromatic rings. The SMILES string of the molecule is CC(COc1ccc(-c2ccccc2)cc1)OC=O. The van der Waals surface area contributed by atoms with E-state index in [0.717, 1.165) is 11.3 Å². The Balaban J connectivity index is 1.97. The molecule has 1 atom stereocenters. The molecule has 0 radical (unpaired) electrons. The molecular formula is C16H16O3. The molecule has 0 bridgehead atoms. The second kappa shape index (κ2) is 6.59. The van der Waals surface area contributed by atoms with Crippen LogP contribution in [0.5, 0.6) is 5.75 Å². The smallest absolute Gasteiger partial charge is 0.293 e. The van der Waals surface area contributed by atoms with Gasteiger partial charge in [-0.15, -0.1) is 0 Å². The first kappa shape index (κ1) is 13.1. The van der Waals surface area contributed by atoms with E-state index in [4.69, 9.17) is 9.47 Å². The average Bonchev–Trinajstić information content (AvgIpc) is 2.47. The highest BCUT2D eigenvalue weighted by Gasteiger charge is 2.03. The van der Waals surface area contributed by atoms with Crippen LogP contribution in [-0.4, -0.2) is 19.2 Å². The van der Waals surface area contributed by atoms with Gasteiger partial charge in [-0.2, -0.15) is 0 Å². The van der Waals surface area contributed by atoms with Crippen molar-refractivity contribution in [2.45, 2.75) is 13.0 Å². The van der Waals surface area contributed by atoms with E-state index >= 15 is 0 Å². The molecule has 1 unspecified atom stereocenters. The maximum Gasteiger partial charge on any atom is 0.293 e. The summed E-state index contributed by atoms with van der Waals surface area (Å²) in [5.74, 6) is 0.765. The summed E-state index contributed by atoms with van der Waals surface area (Å²) in [4.78, 5) is 10.2. The molecule has 0 spiro atoms. The monoisotopic (exact) mass is 256 g/mol. The number of hydrogen-bond donors (Lipinski definition) is 0. The van der Waals surface area contributed by atoms with Gasteiger partial charge in [0.15, 0.2) is 0 Å². The third-order valence-corrected chi connectivity index (χ3v) is 2.73. The minimum Gasteiger partial charge on any atom is -0.490 e. The van der Waals surface area contributed by atoms with Gasteiger partial charge < -0.3 is 9.47 Å².